The van der Waals surface area contributed by atoms with Crippen LogP contribution in [0, 0.1) is 0 Å². The molecule has 1 aromatic rings. The van der Waals surface area contributed by atoms with Crippen LogP contribution in [0.2, 0.25) is 0 Å². The van der Waals surface area contributed by atoms with Crippen LogP contribution in [0.3, 0.4) is 0 Å². The third kappa shape index (κ3) is 4.69. The van der Waals surface area contributed by atoms with Crippen LogP contribution in [0.4, 0.5) is 4.79 Å². The van der Waals surface area contributed by atoms with Crippen LogP contribution in [0.1, 0.15) is 51.7 Å². The first-order valence-electron chi connectivity index (χ1n) is 10.7. The average molecular weight is 433 g/mol. The summed E-state index contributed by atoms with van der Waals surface area (Å²) in [4.78, 5) is 16.6. The molecule has 0 saturated carbocycles. The van der Waals surface area contributed by atoms with Gasteiger partial charge in [0.1, 0.15) is 10.7 Å². The summed E-state index contributed by atoms with van der Waals surface area (Å²) in [6, 6.07) is 7.71. The summed E-state index contributed by atoms with van der Waals surface area (Å²) in [5.41, 5.74) is 2.52. The molecule has 0 aliphatic carbocycles. The molecule has 0 aromatic heterocycles. The number of urea groups is 1. The van der Waals surface area contributed by atoms with Crippen molar-refractivity contribution < 1.29 is 13.2 Å². The fourth-order valence-corrected chi connectivity index (χ4v) is 5.30. The molecular formula is C22H32N4O3S. The van der Waals surface area contributed by atoms with E-state index in [1.807, 2.05) is 49.9 Å². The van der Waals surface area contributed by atoms with Crippen molar-refractivity contribution >= 4 is 26.8 Å². The van der Waals surface area contributed by atoms with Crippen molar-refractivity contribution in [2.24, 2.45) is 4.40 Å². The molecule has 2 amide bonds. The SMILES string of the molecule is CCc1ccc(C2=C(C)C(N3CCCN(C(=O)NC(C)CC)CC3)=NS2(=O)=O)cc1. The van der Waals surface area contributed by atoms with Crippen LogP contribution in [0.25, 0.3) is 4.91 Å². The zero-order valence-corrected chi connectivity index (χ0v) is 19.1. The molecular weight excluding hydrogens is 400 g/mol. The third-order valence-corrected chi connectivity index (χ3v) is 7.30. The monoisotopic (exact) mass is 432 g/mol. The summed E-state index contributed by atoms with van der Waals surface area (Å²) in [7, 11) is -3.74. The predicted molar refractivity (Wildman–Crippen MR) is 121 cm³/mol. The second-order valence-corrected chi connectivity index (χ2v) is 9.52. The molecule has 8 heteroatoms. The number of carbonyl (C=O) groups is 1. The number of sulfonamides is 1. The summed E-state index contributed by atoms with van der Waals surface area (Å²) in [5, 5.41) is 3.00. The lowest BCUT2D eigenvalue weighted by molar-refractivity contribution is 0.196. The molecule has 2 aliphatic heterocycles. The van der Waals surface area contributed by atoms with Gasteiger partial charge in [0.15, 0.2) is 0 Å². The number of benzene rings is 1. The van der Waals surface area contributed by atoms with Gasteiger partial charge in [-0.2, -0.15) is 8.42 Å². The molecule has 0 radical (unpaired) electrons. The number of aryl methyl sites for hydroxylation is 1. The van der Waals surface area contributed by atoms with E-state index in [0.717, 1.165) is 24.8 Å². The van der Waals surface area contributed by atoms with Crippen molar-refractivity contribution in [3.63, 3.8) is 0 Å². The van der Waals surface area contributed by atoms with Crippen LogP contribution in [0.5, 0.6) is 0 Å². The molecule has 1 aromatic carbocycles. The Morgan fingerprint density at radius 3 is 2.47 bits per heavy atom. The van der Waals surface area contributed by atoms with Gasteiger partial charge in [-0.25, -0.2) is 4.79 Å². The Labute approximate surface area is 179 Å². The lowest BCUT2D eigenvalue weighted by Gasteiger charge is -2.25. The van der Waals surface area contributed by atoms with E-state index in [0.29, 0.717) is 43.2 Å². The van der Waals surface area contributed by atoms with E-state index in [1.54, 1.807) is 4.90 Å². The zero-order valence-electron chi connectivity index (χ0n) is 18.3. The Morgan fingerprint density at radius 1 is 1.13 bits per heavy atom. The van der Waals surface area contributed by atoms with Crippen LogP contribution < -0.4 is 5.32 Å². The van der Waals surface area contributed by atoms with Gasteiger partial charge in [0.05, 0.1) is 0 Å². The highest BCUT2D eigenvalue weighted by Gasteiger charge is 2.34. The normalized spacial score (nSPS) is 20.1. The first-order valence-corrected chi connectivity index (χ1v) is 12.2. The van der Waals surface area contributed by atoms with Crippen LogP contribution >= 0.6 is 0 Å². The van der Waals surface area contributed by atoms with Crippen molar-refractivity contribution in [1.29, 1.82) is 0 Å². The number of amides is 2. The molecule has 2 aliphatic rings. The van der Waals surface area contributed by atoms with Gasteiger partial charge in [0, 0.05) is 37.8 Å². The number of hydrogen-bond donors (Lipinski definition) is 1. The van der Waals surface area contributed by atoms with Crippen molar-refractivity contribution in [3.8, 4) is 0 Å². The lowest BCUT2D eigenvalue weighted by Crippen LogP contribution is -2.45. The van der Waals surface area contributed by atoms with Gasteiger partial charge in [0.25, 0.3) is 10.0 Å². The van der Waals surface area contributed by atoms with Gasteiger partial charge in [-0.1, -0.05) is 38.1 Å². The topological polar surface area (TPSA) is 82.1 Å². The summed E-state index contributed by atoms with van der Waals surface area (Å²) in [5.74, 6) is 0.508. The molecule has 164 valence electrons. The summed E-state index contributed by atoms with van der Waals surface area (Å²) in [6.45, 7) is 10.3. The smallest absolute Gasteiger partial charge is 0.317 e. The van der Waals surface area contributed by atoms with E-state index >= 15 is 0 Å². The van der Waals surface area contributed by atoms with Gasteiger partial charge < -0.3 is 15.1 Å². The van der Waals surface area contributed by atoms with E-state index in [1.165, 1.54) is 0 Å². The number of rotatable bonds is 4. The van der Waals surface area contributed by atoms with E-state index in [9.17, 15) is 13.2 Å². The average Bonchev–Trinajstić information content (AvgIpc) is 2.88. The molecule has 7 nitrogen and oxygen atoms in total. The van der Waals surface area contributed by atoms with Crippen molar-refractivity contribution in [3.05, 3.63) is 41.0 Å². The molecule has 3 rings (SSSR count). The van der Waals surface area contributed by atoms with Crippen LogP contribution in [-0.4, -0.2) is 62.3 Å². The van der Waals surface area contributed by atoms with Gasteiger partial charge in [-0.15, -0.1) is 4.40 Å². The standard InChI is InChI=1S/C22H32N4O3S/c1-5-16(3)23-22(27)26-13-7-12-25(14-15-26)21-17(4)20(30(28,29)24-21)19-10-8-18(6-2)9-11-19/h8-11,16H,5-7,12-15H2,1-4H3,(H,23,27). The van der Waals surface area contributed by atoms with Gasteiger partial charge in [0.2, 0.25) is 0 Å². The fourth-order valence-electron chi connectivity index (χ4n) is 3.81. The number of carbonyl (C=O) groups excluding carboxylic acids is 1. The minimum absolute atomic E-state index is 0.0591. The Balaban J connectivity index is 1.78. The predicted octanol–water partition coefficient (Wildman–Crippen LogP) is 3.24. The first kappa shape index (κ1) is 22.3. The first-order chi connectivity index (χ1) is 14.3. The quantitative estimate of drug-likeness (QED) is 0.792. The van der Waals surface area contributed by atoms with Crippen molar-refractivity contribution in [1.82, 2.24) is 15.1 Å². The van der Waals surface area contributed by atoms with E-state index < -0.39 is 10.0 Å². The molecule has 1 saturated heterocycles. The summed E-state index contributed by atoms with van der Waals surface area (Å²) >= 11 is 0. The van der Waals surface area contributed by atoms with Gasteiger partial charge in [-0.3, -0.25) is 0 Å². The molecule has 1 N–H and O–H groups in total. The van der Waals surface area contributed by atoms with Crippen molar-refractivity contribution in [2.45, 2.75) is 53.0 Å². The molecule has 0 bridgehead atoms. The maximum absolute atomic E-state index is 12.8. The lowest BCUT2D eigenvalue weighted by atomic mass is 10.1. The highest BCUT2D eigenvalue weighted by atomic mass is 32.2. The summed E-state index contributed by atoms with van der Waals surface area (Å²) in [6.07, 6.45) is 2.55. The third-order valence-electron chi connectivity index (χ3n) is 5.83. The number of amidine groups is 1. The highest BCUT2D eigenvalue weighted by molar-refractivity contribution is 8.00. The largest absolute Gasteiger partial charge is 0.354 e. The molecule has 1 unspecified atom stereocenters. The number of nitrogens with one attached hydrogen (secondary N) is 1. The molecule has 0 spiro atoms. The van der Waals surface area contributed by atoms with E-state index in [4.69, 9.17) is 0 Å². The van der Waals surface area contributed by atoms with Gasteiger partial charge in [-0.05, 0) is 44.2 Å². The minimum Gasteiger partial charge on any atom is -0.354 e. The molecule has 1 atom stereocenters. The van der Waals surface area contributed by atoms with Crippen LogP contribution in [0.15, 0.2) is 34.2 Å². The molecule has 30 heavy (non-hydrogen) atoms. The van der Waals surface area contributed by atoms with Crippen molar-refractivity contribution in [2.75, 3.05) is 26.2 Å². The minimum atomic E-state index is -3.74. The van der Waals surface area contributed by atoms with Crippen LogP contribution in [-0.2, 0) is 16.4 Å². The van der Waals surface area contributed by atoms with Gasteiger partial charge >= 0.3 is 6.03 Å². The second kappa shape index (κ2) is 9.20. The highest BCUT2D eigenvalue weighted by Crippen LogP contribution is 2.34. The summed E-state index contributed by atoms with van der Waals surface area (Å²) < 4.78 is 29.8. The fraction of sp³-hybridized carbons (Fsp3) is 0.545. The molecule has 2 heterocycles. The second-order valence-electron chi connectivity index (χ2n) is 7.98. The Hall–Kier alpha value is -2.35. The Bertz CT molecular complexity index is 951. The van der Waals surface area contributed by atoms with E-state index in [2.05, 4.69) is 16.6 Å². The Morgan fingerprint density at radius 2 is 1.83 bits per heavy atom. The number of nitrogens with zero attached hydrogens (tertiary/aromatic N) is 3. The van der Waals surface area contributed by atoms with E-state index in [-0.39, 0.29) is 17.0 Å². The zero-order chi connectivity index (χ0) is 21.9. The maximum atomic E-state index is 12.8. The number of hydrogen-bond acceptors (Lipinski definition) is 4. The maximum Gasteiger partial charge on any atom is 0.317 e. The Kier molecular flexibility index (Phi) is 6.85. The molecule has 1 fully saturated rings.